The summed E-state index contributed by atoms with van der Waals surface area (Å²) < 4.78 is 17.1. The molecule has 0 aromatic heterocycles. The fraction of sp³-hybridized carbons (Fsp3) is 0.850. The van der Waals surface area contributed by atoms with Crippen LogP contribution in [-0.2, 0) is 28.6 Å². The first kappa shape index (κ1) is 25.4. The molecule has 0 radical (unpaired) electrons. The second-order valence-electron chi connectivity index (χ2n) is 6.80. The molecule has 7 heteroatoms. The molecule has 158 valence electrons. The van der Waals surface area contributed by atoms with Gasteiger partial charge in [0.05, 0.1) is 19.6 Å². The Balaban J connectivity index is 5.95. The van der Waals surface area contributed by atoms with Gasteiger partial charge in [0.25, 0.3) is 0 Å². The number of carbonyl (C=O) groups is 3. The number of likely N-dealkylation sites (N-methyl/N-ethyl adjacent to an activating group) is 1. The summed E-state index contributed by atoms with van der Waals surface area (Å²) in [6.45, 7) is 13.8. The number of ether oxygens (including phenoxy) is 3. The third kappa shape index (κ3) is 8.73. The van der Waals surface area contributed by atoms with Crippen molar-refractivity contribution in [1.29, 1.82) is 0 Å². The van der Waals surface area contributed by atoms with E-state index in [1.165, 1.54) is 0 Å². The molecule has 0 bridgehead atoms. The average Bonchev–Trinajstić information content (AvgIpc) is 2.60. The van der Waals surface area contributed by atoms with E-state index in [1.807, 2.05) is 41.5 Å². The van der Waals surface area contributed by atoms with Crippen LogP contribution >= 0.6 is 0 Å². The molecule has 0 aliphatic heterocycles. The average molecular weight is 389 g/mol. The number of carbonyl (C=O) groups excluding carboxylic acids is 3. The summed E-state index contributed by atoms with van der Waals surface area (Å²) in [5.41, 5.74) is 0. The molecule has 0 saturated heterocycles. The molecule has 0 N–H and O–H groups in total. The van der Waals surface area contributed by atoms with Crippen molar-refractivity contribution in [1.82, 2.24) is 0 Å². The van der Waals surface area contributed by atoms with Crippen molar-refractivity contribution in [3.05, 3.63) is 0 Å². The van der Waals surface area contributed by atoms with Crippen LogP contribution in [-0.4, -0.2) is 54.5 Å². The Labute approximate surface area is 163 Å². The van der Waals surface area contributed by atoms with Gasteiger partial charge in [-0.25, -0.2) is 0 Å². The lowest BCUT2D eigenvalue weighted by molar-refractivity contribution is -0.935. The molecule has 0 atom stereocenters. The fourth-order valence-electron chi connectivity index (χ4n) is 2.86. The fourth-order valence-corrected chi connectivity index (χ4v) is 2.86. The van der Waals surface area contributed by atoms with Gasteiger partial charge in [-0.05, 0) is 40.0 Å². The zero-order valence-corrected chi connectivity index (χ0v) is 18.0. The lowest BCUT2D eigenvalue weighted by atomic mass is 10.2. The Kier molecular flexibility index (Phi) is 11.9. The van der Waals surface area contributed by atoms with Crippen LogP contribution in [0.5, 0.6) is 0 Å². The Hall–Kier alpha value is -1.63. The van der Waals surface area contributed by atoms with Crippen LogP contribution in [0.4, 0.5) is 0 Å². The molecule has 0 aromatic rings. The normalized spacial score (nSPS) is 11.8. The third-order valence-corrected chi connectivity index (χ3v) is 4.71. The maximum absolute atomic E-state index is 12.3. The molecule has 7 nitrogen and oxygen atoms in total. The molecular weight excluding hydrogens is 350 g/mol. The molecule has 0 heterocycles. The van der Waals surface area contributed by atoms with Crippen molar-refractivity contribution < 1.29 is 33.1 Å². The van der Waals surface area contributed by atoms with Gasteiger partial charge in [0.15, 0.2) is 0 Å². The van der Waals surface area contributed by atoms with Gasteiger partial charge in [0.1, 0.15) is 0 Å². The molecule has 0 rings (SSSR count). The van der Waals surface area contributed by atoms with Crippen molar-refractivity contribution in [2.45, 2.75) is 86.0 Å². The Morgan fingerprint density at radius 1 is 0.630 bits per heavy atom. The minimum atomic E-state index is -2.02. The predicted molar refractivity (Wildman–Crippen MR) is 102 cm³/mol. The SMILES string of the molecule is CCCC(=O)OC(C[N+](CC)(CC)CC)(OC(=O)CCC)OC(=O)CCC. The molecule has 0 unspecified atom stereocenters. The van der Waals surface area contributed by atoms with Gasteiger partial charge in [-0.2, -0.15) is 0 Å². The van der Waals surface area contributed by atoms with Gasteiger partial charge >= 0.3 is 23.9 Å². The van der Waals surface area contributed by atoms with Crippen LogP contribution in [0.25, 0.3) is 0 Å². The number of quaternary nitrogens is 1. The van der Waals surface area contributed by atoms with Crippen molar-refractivity contribution in [2.24, 2.45) is 0 Å². The van der Waals surface area contributed by atoms with E-state index >= 15 is 0 Å². The summed E-state index contributed by atoms with van der Waals surface area (Å²) in [7, 11) is 0. The summed E-state index contributed by atoms with van der Waals surface area (Å²) in [6, 6.07) is 0. The van der Waals surface area contributed by atoms with Crippen molar-refractivity contribution in [3.8, 4) is 0 Å². The van der Waals surface area contributed by atoms with Crippen molar-refractivity contribution in [3.63, 3.8) is 0 Å². The molecule has 0 amide bonds. The smallest absolute Gasteiger partial charge is 0.384 e. The third-order valence-electron chi connectivity index (χ3n) is 4.71. The van der Waals surface area contributed by atoms with E-state index in [0.29, 0.717) is 23.7 Å². The zero-order valence-electron chi connectivity index (χ0n) is 18.0. The maximum atomic E-state index is 12.3. The van der Waals surface area contributed by atoms with Crippen LogP contribution in [0.15, 0.2) is 0 Å². The van der Waals surface area contributed by atoms with Crippen LogP contribution in [0.1, 0.15) is 80.1 Å². The molecule has 0 aliphatic carbocycles. The molecule has 0 fully saturated rings. The van der Waals surface area contributed by atoms with Crippen LogP contribution in [0.3, 0.4) is 0 Å². The quantitative estimate of drug-likeness (QED) is 0.257. The molecule has 0 spiro atoms. The number of hydrogen-bond donors (Lipinski definition) is 0. The van der Waals surface area contributed by atoms with E-state index in [0.717, 1.165) is 19.6 Å². The largest absolute Gasteiger partial charge is 0.476 e. The highest BCUT2D eigenvalue weighted by Gasteiger charge is 2.50. The van der Waals surface area contributed by atoms with Crippen LogP contribution in [0.2, 0.25) is 0 Å². The second-order valence-corrected chi connectivity index (χ2v) is 6.80. The number of nitrogens with zero attached hydrogens (tertiary/aromatic N) is 1. The molecule has 0 aromatic carbocycles. The van der Waals surface area contributed by atoms with Crippen LogP contribution in [0, 0.1) is 0 Å². The van der Waals surface area contributed by atoms with Gasteiger partial charge < -0.3 is 18.7 Å². The first-order valence-electron chi connectivity index (χ1n) is 10.3. The number of esters is 3. The van der Waals surface area contributed by atoms with E-state index in [2.05, 4.69) is 0 Å². The van der Waals surface area contributed by atoms with Crippen molar-refractivity contribution >= 4 is 17.9 Å². The number of hydrogen-bond acceptors (Lipinski definition) is 6. The Bertz CT molecular complexity index is 415. The highest BCUT2D eigenvalue weighted by molar-refractivity contribution is 5.73. The van der Waals surface area contributed by atoms with E-state index in [-0.39, 0.29) is 25.8 Å². The summed E-state index contributed by atoms with van der Waals surface area (Å²) in [6.07, 6.45) is 2.20. The van der Waals surface area contributed by atoms with Gasteiger partial charge in [-0.3, -0.25) is 14.4 Å². The first-order chi connectivity index (χ1) is 12.8. The highest BCUT2D eigenvalue weighted by atomic mass is 16.9. The van der Waals surface area contributed by atoms with Crippen molar-refractivity contribution in [2.75, 3.05) is 26.2 Å². The summed E-state index contributed by atoms with van der Waals surface area (Å²) in [4.78, 5) is 36.8. The standard InChI is InChI=1S/C20H38NO6/c1-7-13-17(22)25-20(26-18(23)14-8-2,27-19(24)15-9-3)16-21(10-4,11-5)12-6/h7-16H2,1-6H3/q+1. The predicted octanol–water partition coefficient (Wildman–Crippen LogP) is 3.55. The van der Waals surface area contributed by atoms with Gasteiger partial charge in [0.2, 0.25) is 6.54 Å². The highest BCUT2D eigenvalue weighted by Crippen LogP contribution is 2.25. The molecule has 0 saturated carbocycles. The van der Waals surface area contributed by atoms with E-state index in [1.54, 1.807) is 0 Å². The van der Waals surface area contributed by atoms with E-state index in [4.69, 9.17) is 14.2 Å². The van der Waals surface area contributed by atoms with E-state index < -0.39 is 23.9 Å². The summed E-state index contributed by atoms with van der Waals surface area (Å²) >= 11 is 0. The second kappa shape index (κ2) is 12.7. The van der Waals surface area contributed by atoms with Gasteiger partial charge in [-0.15, -0.1) is 0 Å². The zero-order chi connectivity index (χ0) is 20.9. The topological polar surface area (TPSA) is 78.9 Å². The Morgan fingerprint density at radius 3 is 1.15 bits per heavy atom. The maximum Gasteiger partial charge on any atom is 0.476 e. The minimum Gasteiger partial charge on any atom is -0.384 e. The van der Waals surface area contributed by atoms with E-state index in [9.17, 15) is 14.4 Å². The molecule has 0 aliphatic rings. The number of rotatable bonds is 14. The molecule has 27 heavy (non-hydrogen) atoms. The van der Waals surface area contributed by atoms with Crippen LogP contribution < -0.4 is 0 Å². The summed E-state index contributed by atoms with van der Waals surface area (Å²) in [5, 5.41) is 0. The molecular formula is C20H38NO6+. The monoisotopic (exact) mass is 388 g/mol. The first-order valence-corrected chi connectivity index (χ1v) is 10.3. The lowest BCUT2D eigenvalue weighted by Crippen LogP contribution is -2.61. The summed E-state index contributed by atoms with van der Waals surface area (Å²) in [5.74, 6) is -3.67. The van der Waals surface area contributed by atoms with Gasteiger partial charge in [-0.1, -0.05) is 20.8 Å². The Morgan fingerprint density at radius 2 is 0.926 bits per heavy atom. The minimum absolute atomic E-state index is 0.0802. The van der Waals surface area contributed by atoms with Gasteiger partial charge in [0, 0.05) is 19.3 Å². The lowest BCUT2D eigenvalue weighted by Gasteiger charge is -2.41.